The second-order valence-electron chi connectivity index (χ2n) is 3.88. The van der Waals surface area contributed by atoms with E-state index >= 15 is 0 Å². The van der Waals surface area contributed by atoms with Gasteiger partial charge in [-0.1, -0.05) is 6.92 Å². The van der Waals surface area contributed by atoms with E-state index in [1.165, 1.54) is 0 Å². The van der Waals surface area contributed by atoms with Gasteiger partial charge in [-0.05, 0) is 58.2 Å². The molecule has 1 aromatic carbocycles. The second-order valence-corrected chi connectivity index (χ2v) is 7.48. The quantitative estimate of drug-likeness (QED) is 0.499. The molecule has 0 aromatic heterocycles. The van der Waals surface area contributed by atoms with Crippen molar-refractivity contribution < 1.29 is 13.0 Å². The number of hydrogen-bond acceptors (Lipinski definition) is 3. The van der Waals surface area contributed by atoms with Crippen LogP contribution in [0.15, 0.2) is 16.0 Å². The third-order valence-corrected chi connectivity index (χ3v) is 6.45. The minimum Gasteiger partial charge on any atom is -0.282 e. The van der Waals surface area contributed by atoms with Crippen molar-refractivity contribution >= 4 is 66.7 Å². The molecular formula is C10H9I2NO3S. The van der Waals surface area contributed by atoms with Crippen LogP contribution < -0.4 is 0 Å². The van der Waals surface area contributed by atoms with Crippen LogP contribution in [-0.4, -0.2) is 18.7 Å². The fourth-order valence-electron chi connectivity index (χ4n) is 1.84. The average Bonchev–Trinajstić information content (AvgIpc) is 2.39. The number of hydrogen-bond donors (Lipinski definition) is 1. The molecule has 0 aliphatic carbocycles. The maximum atomic E-state index is 11.4. The topological polar surface area (TPSA) is 66.7 Å². The largest absolute Gasteiger partial charge is 0.296 e. The van der Waals surface area contributed by atoms with Gasteiger partial charge < -0.3 is 0 Å². The van der Waals surface area contributed by atoms with Crippen LogP contribution in [-0.2, 0) is 10.1 Å². The standard InChI is InChI=1S/C10H9I2NO3S/c1-4-5(2)13-7-3-6(11)10(17(14,15)16)9(12)8(4)7/h3-4H,1-2H3,(H,14,15,16). The van der Waals surface area contributed by atoms with Crippen LogP contribution in [0.5, 0.6) is 0 Å². The highest BCUT2D eigenvalue weighted by molar-refractivity contribution is 14.1. The van der Waals surface area contributed by atoms with Gasteiger partial charge in [0.25, 0.3) is 10.1 Å². The van der Waals surface area contributed by atoms with Crippen molar-refractivity contribution in [3.8, 4) is 0 Å². The Kier molecular flexibility index (Phi) is 3.56. The molecule has 0 bridgehead atoms. The lowest BCUT2D eigenvalue weighted by Crippen LogP contribution is -2.08. The van der Waals surface area contributed by atoms with Crippen LogP contribution in [0.3, 0.4) is 0 Å². The van der Waals surface area contributed by atoms with Gasteiger partial charge in [0.05, 0.1) is 5.69 Å². The van der Waals surface area contributed by atoms with Crippen molar-refractivity contribution in [3.05, 3.63) is 18.8 Å². The van der Waals surface area contributed by atoms with Gasteiger partial charge in [0, 0.05) is 24.3 Å². The first kappa shape index (κ1) is 13.7. The molecule has 7 heteroatoms. The molecule has 0 spiro atoms. The number of aliphatic imine (C=N–C) groups is 1. The van der Waals surface area contributed by atoms with Crippen molar-refractivity contribution in [2.45, 2.75) is 24.7 Å². The van der Waals surface area contributed by atoms with Crippen molar-refractivity contribution in [1.29, 1.82) is 0 Å². The fraction of sp³-hybridized carbons (Fsp3) is 0.300. The molecule has 0 radical (unpaired) electrons. The molecule has 4 nitrogen and oxygen atoms in total. The smallest absolute Gasteiger partial charge is 0.282 e. The minimum absolute atomic E-state index is 0.00537. The second kappa shape index (κ2) is 4.42. The molecule has 2 rings (SSSR count). The summed E-state index contributed by atoms with van der Waals surface area (Å²) in [5, 5.41) is 0. The molecule has 0 amide bonds. The SMILES string of the molecule is CC1=Nc2cc(I)c(S(=O)(=O)O)c(I)c2C1C. The van der Waals surface area contributed by atoms with Gasteiger partial charge in [-0.3, -0.25) is 9.55 Å². The molecule has 1 unspecified atom stereocenters. The maximum absolute atomic E-state index is 11.4. The molecular weight excluding hydrogens is 468 g/mol. The molecule has 1 atom stereocenters. The predicted octanol–water partition coefficient (Wildman–Crippen LogP) is 3.35. The molecule has 0 saturated carbocycles. The molecule has 17 heavy (non-hydrogen) atoms. The Morgan fingerprint density at radius 3 is 2.53 bits per heavy atom. The number of benzene rings is 1. The van der Waals surface area contributed by atoms with E-state index in [2.05, 4.69) is 4.99 Å². The lowest BCUT2D eigenvalue weighted by molar-refractivity contribution is 0.482. The lowest BCUT2D eigenvalue weighted by Gasteiger charge is -2.12. The zero-order chi connectivity index (χ0) is 13.0. The summed E-state index contributed by atoms with van der Waals surface area (Å²) in [5.41, 5.74) is 2.65. The first-order valence-electron chi connectivity index (χ1n) is 4.78. The number of rotatable bonds is 1. The molecule has 1 aromatic rings. The third-order valence-electron chi connectivity index (χ3n) is 2.81. The van der Waals surface area contributed by atoms with E-state index < -0.39 is 10.1 Å². The molecule has 1 heterocycles. The summed E-state index contributed by atoms with van der Waals surface area (Å²) >= 11 is 3.87. The summed E-state index contributed by atoms with van der Waals surface area (Å²) in [6.07, 6.45) is 0. The highest BCUT2D eigenvalue weighted by Crippen LogP contribution is 2.42. The minimum atomic E-state index is -4.19. The Bertz CT molecular complexity index is 637. The number of fused-ring (bicyclic) bond motifs is 1. The molecule has 0 fully saturated rings. The zero-order valence-electron chi connectivity index (χ0n) is 9.03. The van der Waals surface area contributed by atoms with Crippen LogP contribution in [0.25, 0.3) is 0 Å². The van der Waals surface area contributed by atoms with Crippen LogP contribution in [0.2, 0.25) is 0 Å². The van der Waals surface area contributed by atoms with E-state index in [4.69, 9.17) is 0 Å². The Hall–Kier alpha value is 0.260. The van der Waals surface area contributed by atoms with Gasteiger partial charge in [-0.2, -0.15) is 8.42 Å². The van der Waals surface area contributed by atoms with Crippen molar-refractivity contribution in [2.75, 3.05) is 0 Å². The molecule has 1 aliphatic heterocycles. The fourth-order valence-corrected chi connectivity index (χ4v) is 6.27. The first-order chi connectivity index (χ1) is 7.73. The highest BCUT2D eigenvalue weighted by atomic mass is 127. The Morgan fingerprint density at radius 2 is 2.00 bits per heavy atom. The Balaban J connectivity index is 2.82. The summed E-state index contributed by atoms with van der Waals surface area (Å²) in [6, 6.07) is 1.70. The summed E-state index contributed by atoms with van der Waals surface area (Å²) in [7, 11) is -4.19. The van der Waals surface area contributed by atoms with Crippen LogP contribution in [0.1, 0.15) is 25.3 Å². The van der Waals surface area contributed by atoms with Crippen molar-refractivity contribution in [2.24, 2.45) is 4.99 Å². The van der Waals surface area contributed by atoms with E-state index in [1.54, 1.807) is 6.07 Å². The first-order valence-corrected chi connectivity index (χ1v) is 8.37. The van der Waals surface area contributed by atoms with Gasteiger partial charge in [-0.15, -0.1) is 0 Å². The van der Waals surface area contributed by atoms with E-state index in [9.17, 15) is 13.0 Å². The third kappa shape index (κ3) is 2.26. The zero-order valence-corrected chi connectivity index (χ0v) is 14.2. The molecule has 1 N–H and O–H groups in total. The van der Waals surface area contributed by atoms with E-state index in [0.717, 1.165) is 17.0 Å². The summed E-state index contributed by atoms with van der Waals surface area (Å²) in [5.74, 6) is 0.0920. The molecule has 92 valence electrons. The Morgan fingerprint density at radius 1 is 1.41 bits per heavy atom. The van der Waals surface area contributed by atoms with Gasteiger partial charge in [0.15, 0.2) is 0 Å². The van der Waals surface area contributed by atoms with E-state index in [1.807, 2.05) is 59.0 Å². The van der Waals surface area contributed by atoms with E-state index in [-0.39, 0.29) is 10.8 Å². The number of halogens is 2. The number of nitrogens with zero attached hydrogens (tertiary/aromatic N) is 1. The predicted molar refractivity (Wildman–Crippen MR) is 82.9 cm³/mol. The Labute approximate surface area is 127 Å². The van der Waals surface area contributed by atoms with Crippen molar-refractivity contribution in [3.63, 3.8) is 0 Å². The van der Waals surface area contributed by atoms with Gasteiger partial charge in [-0.25, -0.2) is 0 Å². The van der Waals surface area contributed by atoms with Gasteiger partial charge >= 0.3 is 0 Å². The van der Waals surface area contributed by atoms with E-state index in [0.29, 0.717) is 7.14 Å². The van der Waals surface area contributed by atoms with Crippen LogP contribution in [0.4, 0.5) is 5.69 Å². The lowest BCUT2D eigenvalue weighted by atomic mass is 9.99. The van der Waals surface area contributed by atoms with Gasteiger partial charge in [0.2, 0.25) is 0 Å². The monoisotopic (exact) mass is 477 g/mol. The highest BCUT2D eigenvalue weighted by Gasteiger charge is 2.29. The normalized spacial score (nSPS) is 19.1. The summed E-state index contributed by atoms with van der Waals surface area (Å²) in [6.45, 7) is 3.90. The molecule has 1 aliphatic rings. The van der Waals surface area contributed by atoms with Gasteiger partial charge in [0.1, 0.15) is 4.90 Å². The summed E-state index contributed by atoms with van der Waals surface area (Å²) in [4.78, 5) is 4.40. The molecule has 0 saturated heterocycles. The maximum Gasteiger partial charge on any atom is 0.296 e. The summed E-state index contributed by atoms with van der Waals surface area (Å²) < 4.78 is 33.1. The van der Waals surface area contributed by atoms with Crippen LogP contribution >= 0.6 is 45.2 Å². The van der Waals surface area contributed by atoms with Crippen LogP contribution in [0, 0.1) is 7.14 Å². The average molecular weight is 477 g/mol. The van der Waals surface area contributed by atoms with Crippen molar-refractivity contribution in [1.82, 2.24) is 0 Å².